The van der Waals surface area contributed by atoms with Crippen LogP contribution in [-0.4, -0.2) is 17.0 Å². The van der Waals surface area contributed by atoms with E-state index in [0.29, 0.717) is 23.0 Å². The minimum Gasteiger partial charge on any atom is -0.331 e. The quantitative estimate of drug-likeness (QED) is 0.883. The van der Waals surface area contributed by atoms with E-state index < -0.39 is 0 Å². The summed E-state index contributed by atoms with van der Waals surface area (Å²) in [7, 11) is 1.83. The first-order valence-electron chi connectivity index (χ1n) is 5.27. The van der Waals surface area contributed by atoms with Crippen molar-refractivity contribution < 1.29 is 4.39 Å². The number of imidazole rings is 1. The van der Waals surface area contributed by atoms with Gasteiger partial charge in [0.15, 0.2) is 0 Å². The summed E-state index contributed by atoms with van der Waals surface area (Å²) < 4.78 is 13.2. The molecule has 0 amide bonds. The second-order valence-electron chi connectivity index (χ2n) is 3.84. The van der Waals surface area contributed by atoms with Crippen LogP contribution in [0.5, 0.6) is 0 Å². The van der Waals surface area contributed by atoms with Crippen LogP contribution in [0.15, 0.2) is 18.2 Å². The number of halogens is 2. The number of hydrogen-bond acceptors (Lipinski definition) is 2. The molecule has 17 heavy (non-hydrogen) atoms. The molecule has 2 aromatic rings. The summed E-state index contributed by atoms with van der Waals surface area (Å²) in [5.41, 5.74) is 2.05. The maximum Gasteiger partial charge on any atom is 0.134 e. The van der Waals surface area contributed by atoms with Gasteiger partial charge in [-0.15, -0.1) is 0 Å². The molecule has 0 unspecified atom stereocenters. The maximum absolute atomic E-state index is 13.2. The minimum absolute atomic E-state index is 0.226. The second kappa shape index (κ2) is 4.85. The Morgan fingerprint density at radius 2 is 2.24 bits per heavy atom. The monoisotopic (exact) mass is 253 g/mol. The molecule has 0 bridgehead atoms. The van der Waals surface area contributed by atoms with E-state index >= 15 is 0 Å². The van der Waals surface area contributed by atoms with E-state index in [9.17, 15) is 4.39 Å². The SMILES string of the molecule is CNCc1nc(-c2ccc(F)c(C)c2)c(Cl)[nH]1. The minimum atomic E-state index is -0.226. The van der Waals surface area contributed by atoms with E-state index in [2.05, 4.69) is 15.3 Å². The smallest absolute Gasteiger partial charge is 0.134 e. The third kappa shape index (κ3) is 2.48. The van der Waals surface area contributed by atoms with Crippen molar-refractivity contribution >= 4 is 11.6 Å². The number of H-pyrrole nitrogens is 1. The van der Waals surface area contributed by atoms with Crippen LogP contribution in [0.3, 0.4) is 0 Å². The Balaban J connectivity index is 2.41. The van der Waals surface area contributed by atoms with Crippen molar-refractivity contribution in [3.63, 3.8) is 0 Å². The third-order valence-electron chi connectivity index (χ3n) is 2.48. The molecule has 90 valence electrons. The molecule has 0 saturated heterocycles. The van der Waals surface area contributed by atoms with Crippen LogP contribution >= 0.6 is 11.6 Å². The number of aromatic amines is 1. The Hall–Kier alpha value is -1.39. The van der Waals surface area contributed by atoms with Gasteiger partial charge >= 0.3 is 0 Å². The van der Waals surface area contributed by atoms with Crippen LogP contribution in [0.4, 0.5) is 4.39 Å². The van der Waals surface area contributed by atoms with Gasteiger partial charge in [0, 0.05) is 5.56 Å². The highest BCUT2D eigenvalue weighted by molar-refractivity contribution is 6.31. The van der Waals surface area contributed by atoms with Gasteiger partial charge in [-0.3, -0.25) is 0 Å². The summed E-state index contributed by atoms with van der Waals surface area (Å²) in [6.45, 7) is 2.33. The molecular weight excluding hydrogens is 241 g/mol. The topological polar surface area (TPSA) is 40.7 Å². The van der Waals surface area contributed by atoms with Gasteiger partial charge in [-0.1, -0.05) is 11.6 Å². The van der Waals surface area contributed by atoms with Crippen LogP contribution in [0.1, 0.15) is 11.4 Å². The van der Waals surface area contributed by atoms with Crippen molar-refractivity contribution in [2.75, 3.05) is 7.05 Å². The van der Waals surface area contributed by atoms with Gasteiger partial charge in [-0.2, -0.15) is 0 Å². The number of rotatable bonds is 3. The molecule has 1 aromatic heterocycles. The van der Waals surface area contributed by atoms with Gasteiger partial charge in [0.25, 0.3) is 0 Å². The largest absolute Gasteiger partial charge is 0.331 e. The van der Waals surface area contributed by atoms with Gasteiger partial charge < -0.3 is 10.3 Å². The lowest BCUT2D eigenvalue weighted by Gasteiger charge is -2.00. The molecule has 0 spiro atoms. The molecule has 0 saturated carbocycles. The molecule has 0 aliphatic heterocycles. The Morgan fingerprint density at radius 1 is 1.47 bits per heavy atom. The van der Waals surface area contributed by atoms with E-state index in [1.54, 1.807) is 19.1 Å². The maximum atomic E-state index is 13.2. The number of aryl methyl sites for hydroxylation is 1. The molecule has 1 heterocycles. The van der Waals surface area contributed by atoms with E-state index in [1.807, 2.05) is 7.05 Å². The summed E-state index contributed by atoms with van der Waals surface area (Å²) in [6, 6.07) is 4.83. The Bertz CT molecular complexity index is 537. The first-order chi connectivity index (χ1) is 8.11. The van der Waals surface area contributed by atoms with Crippen molar-refractivity contribution in [1.29, 1.82) is 0 Å². The zero-order valence-corrected chi connectivity index (χ0v) is 10.4. The normalized spacial score (nSPS) is 10.8. The summed E-state index contributed by atoms with van der Waals surface area (Å²) in [4.78, 5) is 7.34. The Labute approximate surface area is 104 Å². The number of aromatic nitrogens is 2. The average molecular weight is 254 g/mol. The Morgan fingerprint density at radius 3 is 2.88 bits per heavy atom. The fraction of sp³-hybridized carbons (Fsp3) is 0.250. The molecule has 2 N–H and O–H groups in total. The van der Waals surface area contributed by atoms with Gasteiger partial charge in [0.1, 0.15) is 22.5 Å². The van der Waals surface area contributed by atoms with Gasteiger partial charge in [0.2, 0.25) is 0 Å². The molecule has 0 atom stereocenters. The lowest BCUT2D eigenvalue weighted by atomic mass is 10.1. The van der Waals surface area contributed by atoms with Crippen molar-refractivity contribution in [2.24, 2.45) is 0 Å². The number of nitrogens with one attached hydrogen (secondary N) is 2. The van der Waals surface area contributed by atoms with Crippen molar-refractivity contribution in [2.45, 2.75) is 13.5 Å². The van der Waals surface area contributed by atoms with Crippen LogP contribution < -0.4 is 5.32 Å². The van der Waals surface area contributed by atoms with Crippen molar-refractivity contribution in [3.8, 4) is 11.3 Å². The molecule has 5 heteroatoms. The predicted molar refractivity (Wildman–Crippen MR) is 66.5 cm³/mol. The number of nitrogens with zero attached hydrogens (tertiary/aromatic N) is 1. The van der Waals surface area contributed by atoms with E-state index in [4.69, 9.17) is 11.6 Å². The highest BCUT2D eigenvalue weighted by Crippen LogP contribution is 2.26. The second-order valence-corrected chi connectivity index (χ2v) is 4.22. The summed E-state index contributed by atoms with van der Waals surface area (Å²) in [5, 5.41) is 3.46. The van der Waals surface area contributed by atoms with Crippen LogP contribution in [0, 0.1) is 12.7 Å². The standard InChI is InChI=1S/C12H13ClFN3/c1-7-5-8(3-4-9(7)14)11-12(13)17-10(16-11)6-15-2/h3-5,15H,6H2,1-2H3,(H,16,17). The van der Waals surface area contributed by atoms with E-state index in [1.165, 1.54) is 6.07 Å². The lowest BCUT2D eigenvalue weighted by molar-refractivity contribution is 0.619. The first kappa shape index (κ1) is 12.1. The average Bonchev–Trinajstić information content (AvgIpc) is 2.64. The molecule has 0 aliphatic rings. The summed E-state index contributed by atoms with van der Waals surface area (Å²) in [6.07, 6.45) is 0. The fourth-order valence-electron chi connectivity index (χ4n) is 1.63. The van der Waals surface area contributed by atoms with Crippen LogP contribution in [0.25, 0.3) is 11.3 Å². The number of benzene rings is 1. The zero-order chi connectivity index (χ0) is 12.4. The van der Waals surface area contributed by atoms with Gasteiger partial charge in [0.05, 0.1) is 6.54 Å². The van der Waals surface area contributed by atoms with Gasteiger partial charge in [-0.05, 0) is 37.7 Å². The summed E-state index contributed by atoms with van der Waals surface area (Å²) >= 11 is 6.07. The fourth-order valence-corrected chi connectivity index (χ4v) is 1.89. The number of hydrogen-bond donors (Lipinski definition) is 2. The molecule has 1 aromatic carbocycles. The Kier molecular flexibility index (Phi) is 3.45. The third-order valence-corrected chi connectivity index (χ3v) is 2.76. The molecule has 0 radical (unpaired) electrons. The van der Waals surface area contributed by atoms with Crippen molar-refractivity contribution in [3.05, 3.63) is 40.6 Å². The first-order valence-corrected chi connectivity index (χ1v) is 5.65. The van der Waals surface area contributed by atoms with E-state index in [-0.39, 0.29) is 5.82 Å². The predicted octanol–water partition coefficient (Wildman–Crippen LogP) is 2.90. The molecule has 0 fully saturated rings. The molecule has 2 rings (SSSR count). The zero-order valence-electron chi connectivity index (χ0n) is 9.64. The van der Waals surface area contributed by atoms with Crippen LogP contribution in [-0.2, 0) is 6.54 Å². The molecular formula is C12H13ClFN3. The van der Waals surface area contributed by atoms with Crippen LogP contribution in [0.2, 0.25) is 5.15 Å². The highest BCUT2D eigenvalue weighted by Gasteiger charge is 2.11. The van der Waals surface area contributed by atoms with Gasteiger partial charge in [-0.25, -0.2) is 9.37 Å². The molecule has 0 aliphatic carbocycles. The van der Waals surface area contributed by atoms with Crippen molar-refractivity contribution in [1.82, 2.24) is 15.3 Å². The van der Waals surface area contributed by atoms with E-state index in [0.717, 1.165) is 11.4 Å². The highest BCUT2D eigenvalue weighted by atomic mass is 35.5. The summed E-state index contributed by atoms with van der Waals surface area (Å²) in [5.74, 6) is 0.533. The lowest BCUT2D eigenvalue weighted by Crippen LogP contribution is -2.06. The molecule has 3 nitrogen and oxygen atoms in total.